The molecule has 0 fully saturated rings. The number of rotatable bonds is 4. The molecule has 0 N–H and O–H groups in total. The van der Waals surface area contributed by atoms with Gasteiger partial charge in [0.1, 0.15) is 0 Å². The molecule has 0 aliphatic rings. The minimum atomic E-state index is -0.0755. The number of carbonyl (C=O) groups is 1. The van der Waals surface area contributed by atoms with Gasteiger partial charge in [-0.05, 0) is 17.9 Å². The van der Waals surface area contributed by atoms with Crippen molar-refractivity contribution in [3.8, 4) is 12.3 Å². The van der Waals surface area contributed by atoms with Crippen molar-refractivity contribution in [1.82, 2.24) is 4.57 Å². The molecular formula is C19H18N2OS. The number of benzene rings is 2. The molecule has 3 nitrogen and oxygen atoms in total. The topological polar surface area (TPSA) is 34.4 Å². The molecular weight excluding hydrogens is 304 g/mol. The minimum absolute atomic E-state index is 0.0755. The molecule has 0 aliphatic heterocycles. The maximum atomic E-state index is 12.0. The Bertz CT molecular complexity index is 972. The number of terminal acetylenes is 1. The Morgan fingerprint density at radius 1 is 1.30 bits per heavy atom. The van der Waals surface area contributed by atoms with Gasteiger partial charge in [-0.25, -0.2) is 0 Å². The van der Waals surface area contributed by atoms with Gasteiger partial charge in [-0.15, -0.1) is 6.42 Å². The van der Waals surface area contributed by atoms with Crippen molar-refractivity contribution in [1.29, 1.82) is 0 Å². The molecule has 0 aliphatic carbocycles. The van der Waals surface area contributed by atoms with Crippen LogP contribution in [0.5, 0.6) is 0 Å². The van der Waals surface area contributed by atoms with Gasteiger partial charge in [0.15, 0.2) is 4.80 Å². The zero-order valence-corrected chi connectivity index (χ0v) is 13.9. The van der Waals surface area contributed by atoms with Crippen molar-refractivity contribution in [2.75, 3.05) is 0 Å². The second-order valence-electron chi connectivity index (χ2n) is 5.42. The monoisotopic (exact) mass is 322 g/mol. The number of hydrogen-bond donors (Lipinski definition) is 0. The lowest BCUT2D eigenvalue weighted by molar-refractivity contribution is -0.118. The number of nitrogens with zero attached hydrogens (tertiary/aromatic N) is 2. The Kier molecular flexibility index (Phi) is 4.59. The van der Waals surface area contributed by atoms with Crippen LogP contribution in [0.2, 0.25) is 0 Å². The molecule has 0 unspecified atom stereocenters. The van der Waals surface area contributed by atoms with Crippen molar-refractivity contribution in [3.63, 3.8) is 0 Å². The first-order valence-electron chi connectivity index (χ1n) is 7.76. The van der Waals surface area contributed by atoms with Crippen LogP contribution in [0.3, 0.4) is 0 Å². The highest BCUT2D eigenvalue weighted by Crippen LogP contribution is 2.27. The molecule has 1 aromatic heterocycles. The number of unbranched alkanes of at least 4 members (excludes halogenated alkanes) is 1. The molecule has 1 amide bonds. The Hall–Kier alpha value is -2.38. The summed E-state index contributed by atoms with van der Waals surface area (Å²) < 4.78 is 3.08. The highest BCUT2D eigenvalue weighted by atomic mass is 32.1. The molecule has 1 heterocycles. The molecule has 0 saturated carbocycles. The van der Waals surface area contributed by atoms with E-state index < -0.39 is 0 Å². The van der Waals surface area contributed by atoms with E-state index in [0.29, 0.717) is 17.8 Å². The number of hydrogen-bond acceptors (Lipinski definition) is 2. The number of aromatic nitrogens is 1. The summed E-state index contributed by atoms with van der Waals surface area (Å²) in [5.74, 6) is 2.59. The SMILES string of the molecule is C#CCn1c(=NC(=O)CCCC)sc2c3ccccc3ccc21. The minimum Gasteiger partial charge on any atom is -0.305 e. The number of amides is 1. The molecule has 116 valence electrons. The van der Waals surface area contributed by atoms with Crippen molar-refractivity contribution in [2.24, 2.45) is 4.99 Å². The Labute approximate surface area is 139 Å². The predicted molar refractivity (Wildman–Crippen MR) is 96.2 cm³/mol. The fourth-order valence-corrected chi connectivity index (χ4v) is 3.80. The smallest absolute Gasteiger partial charge is 0.248 e. The molecule has 23 heavy (non-hydrogen) atoms. The predicted octanol–water partition coefficient (Wildman–Crippen LogP) is 4.11. The van der Waals surface area contributed by atoms with Crippen LogP contribution in [0.4, 0.5) is 0 Å². The van der Waals surface area contributed by atoms with E-state index in [0.717, 1.165) is 23.1 Å². The normalized spacial score (nSPS) is 11.9. The first-order chi connectivity index (χ1) is 11.2. The summed E-state index contributed by atoms with van der Waals surface area (Å²) in [6.07, 6.45) is 7.85. The third-order valence-corrected chi connectivity index (χ3v) is 4.92. The number of thiazole rings is 1. The maximum Gasteiger partial charge on any atom is 0.248 e. The van der Waals surface area contributed by atoms with Crippen LogP contribution in [-0.4, -0.2) is 10.5 Å². The van der Waals surface area contributed by atoms with Gasteiger partial charge < -0.3 is 4.57 Å². The van der Waals surface area contributed by atoms with Crippen LogP contribution in [0.15, 0.2) is 41.4 Å². The molecule has 2 aromatic carbocycles. The third-order valence-electron chi connectivity index (χ3n) is 3.79. The molecule has 0 spiro atoms. The van der Waals surface area contributed by atoms with Gasteiger partial charge in [0.2, 0.25) is 5.91 Å². The van der Waals surface area contributed by atoms with Crippen LogP contribution in [0.1, 0.15) is 26.2 Å². The lowest BCUT2D eigenvalue weighted by Gasteiger charge is -2.02. The van der Waals surface area contributed by atoms with E-state index in [4.69, 9.17) is 6.42 Å². The van der Waals surface area contributed by atoms with Crippen LogP contribution >= 0.6 is 11.3 Å². The lowest BCUT2D eigenvalue weighted by Crippen LogP contribution is -2.16. The van der Waals surface area contributed by atoms with Crippen molar-refractivity contribution < 1.29 is 4.79 Å². The quantitative estimate of drug-likeness (QED) is 0.666. The lowest BCUT2D eigenvalue weighted by atomic mass is 10.1. The van der Waals surface area contributed by atoms with E-state index in [-0.39, 0.29) is 5.91 Å². The van der Waals surface area contributed by atoms with E-state index in [9.17, 15) is 4.79 Å². The summed E-state index contributed by atoms with van der Waals surface area (Å²) >= 11 is 1.54. The molecule has 0 bridgehead atoms. The first-order valence-corrected chi connectivity index (χ1v) is 8.58. The fraction of sp³-hybridized carbons (Fsp3) is 0.263. The molecule has 4 heteroatoms. The van der Waals surface area contributed by atoms with E-state index in [2.05, 4.69) is 42.1 Å². The van der Waals surface area contributed by atoms with E-state index >= 15 is 0 Å². The standard InChI is InChI=1S/C19H18N2OS/c1-3-5-10-17(22)20-19-21(13-4-2)16-12-11-14-8-6-7-9-15(14)18(16)23-19/h2,6-9,11-12H,3,5,10,13H2,1H3. The van der Waals surface area contributed by atoms with Crippen LogP contribution in [-0.2, 0) is 11.3 Å². The third kappa shape index (κ3) is 3.06. The summed E-state index contributed by atoms with van der Waals surface area (Å²) in [5, 5.41) is 2.35. The maximum absolute atomic E-state index is 12.0. The average molecular weight is 322 g/mol. The van der Waals surface area contributed by atoms with Crippen molar-refractivity contribution >= 4 is 38.2 Å². The van der Waals surface area contributed by atoms with Crippen LogP contribution < -0.4 is 4.80 Å². The van der Waals surface area contributed by atoms with Gasteiger partial charge in [0.25, 0.3) is 0 Å². The number of fused-ring (bicyclic) bond motifs is 3. The van der Waals surface area contributed by atoms with Gasteiger partial charge in [-0.1, -0.05) is 60.9 Å². The van der Waals surface area contributed by atoms with E-state index in [1.807, 2.05) is 16.7 Å². The van der Waals surface area contributed by atoms with Crippen LogP contribution in [0.25, 0.3) is 21.0 Å². The van der Waals surface area contributed by atoms with Gasteiger partial charge in [0, 0.05) is 11.8 Å². The van der Waals surface area contributed by atoms with Gasteiger partial charge in [-0.2, -0.15) is 4.99 Å². The summed E-state index contributed by atoms with van der Waals surface area (Å²) in [7, 11) is 0. The number of carbonyl (C=O) groups excluding carboxylic acids is 1. The molecule has 0 atom stereocenters. The second-order valence-corrected chi connectivity index (χ2v) is 6.40. The Morgan fingerprint density at radius 2 is 2.13 bits per heavy atom. The Morgan fingerprint density at radius 3 is 2.91 bits per heavy atom. The summed E-state index contributed by atoms with van der Waals surface area (Å²) in [6, 6.07) is 12.4. The molecule has 0 saturated heterocycles. The van der Waals surface area contributed by atoms with Crippen molar-refractivity contribution in [2.45, 2.75) is 32.7 Å². The zero-order chi connectivity index (χ0) is 16.2. The first kappa shape index (κ1) is 15.5. The second kappa shape index (κ2) is 6.80. The zero-order valence-electron chi connectivity index (χ0n) is 13.1. The fourth-order valence-electron chi connectivity index (χ4n) is 2.62. The molecule has 0 radical (unpaired) electrons. The highest BCUT2D eigenvalue weighted by Gasteiger charge is 2.10. The molecule has 3 rings (SSSR count). The van der Waals surface area contributed by atoms with Gasteiger partial charge in [0.05, 0.1) is 16.8 Å². The summed E-state index contributed by atoms with van der Waals surface area (Å²) in [6.45, 7) is 2.48. The highest BCUT2D eigenvalue weighted by molar-refractivity contribution is 7.17. The van der Waals surface area contributed by atoms with Gasteiger partial charge >= 0.3 is 0 Å². The van der Waals surface area contributed by atoms with Crippen LogP contribution in [0, 0.1) is 12.3 Å². The molecule has 3 aromatic rings. The average Bonchev–Trinajstić information content (AvgIpc) is 2.91. The van der Waals surface area contributed by atoms with Crippen molar-refractivity contribution in [3.05, 3.63) is 41.2 Å². The largest absolute Gasteiger partial charge is 0.305 e. The summed E-state index contributed by atoms with van der Waals surface area (Å²) in [4.78, 5) is 17.0. The Balaban J connectivity index is 2.23. The van der Waals surface area contributed by atoms with E-state index in [1.54, 1.807) is 0 Å². The summed E-state index contributed by atoms with van der Waals surface area (Å²) in [5.41, 5.74) is 1.04. The van der Waals surface area contributed by atoms with E-state index in [1.165, 1.54) is 22.1 Å². The van der Waals surface area contributed by atoms with Gasteiger partial charge in [-0.3, -0.25) is 4.79 Å².